The van der Waals surface area contributed by atoms with E-state index < -0.39 is 6.10 Å². The van der Waals surface area contributed by atoms with Crippen LogP contribution in [0.5, 0.6) is 5.75 Å². The molecule has 7 nitrogen and oxygen atoms in total. The molecule has 26 heavy (non-hydrogen) atoms. The number of likely N-dealkylation sites (tertiary alicyclic amines) is 1. The van der Waals surface area contributed by atoms with Gasteiger partial charge in [0.15, 0.2) is 0 Å². The lowest BCUT2D eigenvalue weighted by Crippen LogP contribution is -2.24. The molecule has 2 aromatic heterocycles. The van der Waals surface area contributed by atoms with Crippen molar-refractivity contribution < 1.29 is 14.4 Å². The lowest BCUT2D eigenvalue weighted by molar-refractivity contribution is 0.169. The van der Waals surface area contributed by atoms with Crippen LogP contribution in [0, 0.1) is 0 Å². The SMILES string of the molecule is COc1ccc(-c2noc([C@@H]3C[C@@H](O)CN3Cc3cccnc3)n2)cc1. The van der Waals surface area contributed by atoms with E-state index >= 15 is 0 Å². The molecule has 0 aliphatic carbocycles. The van der Waals surface area contributed by atoms with Gasteiger partial charge in [-0.2, -0.15) is 4.98 Å². The fraction of sp³-hybridized carbons (Fsp3) is 0.316. The van der Waals surface area contributed by atoms with E-state index in [4.69, 9.17) is 9.26 Å². The van der Waals surface area contributed by atoms with Crippen LogP contribution in [0.2, 0.25) is 0 Å². The zero-order valence-corrected chi connectivity index (χ0v) is 14.4. The Hall–Kier alpha value is -2.77. The topological polar surface area (TPSA) is 84.5 Å². The van der Waals surface area contributed by atoms with Gasteiger partial charge >= 0.3 is 0 Å². The second-order valence-corrected chi connectivity index (χ2v) is 6.38. The smallest absolute Gasteiger partial charge is 0.244 e. The van der Waals surface area contributed by atoms with Gasteiger partial charge in [0.25, 0.3) is 0 Å². The number of aliphatic hydroxyl groups excluding tert-OH is 1. The quantitative estimate of drug-likeness (QED) is 0.755. The standard InChI is InChI=1S/C19H20N4O3/c1-25-16-6-4-14(5-7-16)18-21-19(26-22-18)17-9-15(24)12-23(17)11-13-3-2-8-20-10-13/h2-8,10,15,17,24H,9,11-12H2,1H3/t15-,17+/m1/s1. The van der Waals surface area contributed by atoms with E-state index in [0.29, 0.717) is 31.2 Å². The molecule has 1 aliphatic rings. The van der Waals surface area contributed by atoms with E-state index in [9.17, 15) is 5.11 Å². The number of methoxy groups -OCH3 is 1. The third kappa shape index (κ3) is 3.44. The van der Waals surface area contributed by atoms with E-state index in [1.165, 1.54) is 0 Å². The molecule has 1 saturated heterocycles. The van der Waals surface area contributed by atoms with Gasteiger partial charge in [0.1, 0.15) is 5.75 Å². The monoisotopic (exact) mass is 352 g/mol. The molecule has 1 aliphatic heterocycles. The first-order valence-electron chi connectivity index (χ1n) is 8.52. The predicted octanol–water partition coefficient (Wildman–Crippen LogP) is 2.45. The molecule has 4 rings (SSSR count). The Bertz CT molecular complexity index is 851. The maximum atomic E-state index is 10.1. The van der Waals surface area contributed by atoms with Gasteiger partial charge in [-0.05, 0) is 42.3 Å². The van der Waals surface area contributed by atoms with Crippen molar-refractivity contribution in [2.45, 2.75) is 25.1 Å². The van der Waals surface area contributed by atoms with Crippen LogP contribution >= 0.6 is 0 Å². The molecule has 0 amide bonds. The van der Waals surface area contributed by atoms with E-state index in [-0.39, 0.29) is 6.04 Å². The number of rotatable bonds is 5. The molecule has 1 fully saturated rings. The highest BCUT2D eigenvalue weighted by molar-refractivity contribution is 5.55. The van der Waals surface area contributed by atoms with Crippen molar-refractivity contribution in [2.75, 3.05) is 13.7 Å². The predicted molar refractivity (Wildman–Crippen MR) is 94.3 cm³/mol. The van der Waals surface area contributed by atoms with Gasteiger partial charge < -0.3 is 14.4 Å². The third-order valence-corrected chi connectivity index (χ3v) is 4.56. The molecule has 7 heteroatoms. The number of hydrogen-bond donors (Lipinski definition) is 1. The van der Waals surface area contributed by atoms with E-state index in [1.807, 2.05) is 42.6 Å². The maximum absolute atomic E-state index is 10.1. The highest BCUT2D eigenvalue weighted by Crippen LogP contribution is 2.33. The van der Waals surface area contributed by atoms with E-state index in [1.54, 1.807) is 13.3 Å². The summed E-state index contributed by atoms with van der Waals surface area (Å²) in [5, 5.41) is 14.2. The summed E-state index contributed by atoms with van der Waals surface area (Å²) < 4.78 is 10.7. The average Bonchev–Trinajstić information content (AvgIpc) is 3.29. The summed E-state index contributed by atoms with van der Waals surface area (Å²) in [6, 6.07) is 11.3. The number of nitrogens with zero attached hydrogens (tertiary/aromatic N) is 4. The molecular weight excluding hydrogens is 332 g/mol. The summed E-state index contributed by atoms with van der Waals surface area (Å²) >= 11 is 0. The molecule has 0 radical (unpaired) electrons. The van der Waals surface area contributed by atoms with Crippen LogP contribution in [0.4, 0.5) is 0 Å². The second kappa shape index (κ2) is 7.23. The summed E-state index contributed by atoms with van der Waals surface area (Å²) in [7, 11) is 1.63. The maximum Gasteiger partial charge on any atom is 0.244 e. The van der Waals surface area contributed by atoms with Crippen molar-refractivity contribution in [3.63, 3.8) is 0 Å². The normalized spacial score (nSPS) is 20.4. The van der Waals surface area contributed by atoms with Crippen LogP contribution in [0.1, 0.15) is 23.9 Å². The average molecular weight is 352 g/mol. The van der Waals surface area contributed by atoms with Gasteiger partial charge in [0.2, 0.25) is 11.7 Å². The van der Waals surface area contributed by atoms with Crippen LogP contribution in [0.25, 0.3) is 11.4 Å². The molecule has 3 heterocycles. The summed E-state index contributed by atoms with van der Waals surface area (Å²) in [6.07, 6.45) is 3.75. The number of aromatic nitrogens is 3. The molecule has 1 aromatic carbocycles. The van der Waals surface area contributed by atoms with Crippen molar-refractivity contribution in [1.82, 2.24) is 20.0 Å². The van der Waals surface area contributed by atoms with Gasteiger partial charge in [0.05, 0.1) is 19.3 Å². The zero-order valence-electron chi connectivity index (χ0n) is 14.4. The highest BCUT2D eigenvalue weighted by Gasteiger charge is 2.35. The number of β-amino-alcohol motifs (C(OH)–C–C–N with tert-alkyl or cyclic N) is 1. The van der Waals surface area contributed by atoms with Crippen molar-refractivity contribution in [1.29, 1.82) is 0 Å². The summed E-state index contributed by atoms with van der Waals surface area (Å²) in [5.74, 6) is 1.83. The Morgan fingerprint density at radius 2 is 2.12 bits per heavy atom. The van der Waals surface area contributed by atoms with Crippen LogP contribution in [0.3, 0.4) is 0 Å². The lowest BCUT2D eigenvalue weighted by atomic mass is 10.2. The van der Waals surface area contributed by atoms with Crippen LogP contribution in [0.15, 0.2) is 53.3 Å². The van der Waals surface area contributed by atoms with Crippen molar-refractivity contribution in [2.24, 2.45) is 0 Å². The van der Waals surface area contributed by atoms with Gasteiger partial charge in [-0.3, -0.25) is 9.88 Å². The van der Waals surface area contributed by atoms with Gasteiger partial charge in [-0.15, -0.1) is 0 Å². The fourth-order valence-electron chi connectivity index (χ4n) is 3.27. The van der Waals surface area contributed by atoms with Crippen LogP contribution in [-0.4, -0.2) is 44.9 Å². The first-order valence-corrected chi connectivity index (χ1v) is 8.52. The molecule has 0 spiro atoms. The Morgan fingerprint density at radius 3 is 2.85 bits per heavy atom. The number of ether oxygens (including phenoxy) is 1. The second-order valence-electron chi connectivity index (χ2n) is 6.38. The minimum atomic E-state index is -0.409. The molecule has 2 atom stereocenters. The summed E-state index contributed by atoms with van der Waals surface area (Å²) in [6.45, 7) is 1.25. The van der Waals surface area contributed by atoms with Gasteiger partial charge in [-0.1, -0.05) is 11.2 Å². The molecule has 0 unspecified atom stereocenters. The van der Waals surface area contributed by atoms with Crippen molar-refractivity contribution in [3.8, 4) is 17.1 Å². The van der Waals surface area contributed by atoms with Gasteiger partial charge in [0, 0.05) is 31.0 Å². The molecule has 3 aromatic rings. The lowest BCUT2D eigenvalue weighted by Gasteiger charge is -2.20. The number of benzene rings is 1. The fourth-order valence-corrected chi connectivity index (χ4v) is 3.27. The highest BCUT2D eigenvalue weighted by atomic mass is 16.5. The summed E-state index contributed by atoms with van der Waals surface area (Å²) in [5.41, 5.74) is 1.94. The molecular formula is C19H20N4O3. The zero-order chi connectivity index (χ0) is 17.9. The van der Waals surface area contributed by atoms with E-state index in [2.05, 4.69) is 20.0 Å². The summed E-state index contributed by atoms with van der Waals surface area (Å²) in [4.78, 5) is 10.9. The largest absolute Gasteiger partial charge is 0.497 e. The Balaban J connectivity index is 1.54. The molecule has 0 saturated carbocycles. The Labute approximate surface area is 151 Å². The first-order chi connectivity index (χ1) is 12.7. The van der Waals surface area contributed by atoms with Crippen LogP contribution < -0.4 is 4.74 Å². The Kier molecular flexibility index (Phi) is 4.64. The number of pyridine rings is 1. The number of hydrogen-bond acceptors (Lipinski definition) is 7. The third-order valence-electron chi connectivity index (χ3n) is 4.56. The van der Waals surface area contributed by atoms with Crippen molar-refractivity contribution in [3.05, 3.63) is 60.2 Å². The number of aliphatic hydroxyl groups is 1. The van der Waals surface area contributed by atoms with Crippen LogP contribution in [-0.2, 0) is 6.54 Å². The van der Waals surface area contributed by atoms with Crippen molar-refractivity contribution >= 4 is 0 Å². The first kappa shape index (κ1) is 16.7. The van der Waals surface area contributed by atoms with E-state index in [0.717, 1.165) is 16.9 Å². The molecule has 0 bridgehead atoms. The molecule has 1 N–H and O–H groups in total. The minimum absolute atomic E-state index is 0.107. The van der Waals surface area contributed by atoms with Gasteiger partial charge in [-0.25, -0.2) is 0 Å². The minimum Gasteiger partial charge on any atom is -0.497 e. The Morgan fingerprint density at radius 1 is 1.27 bits per heavy atom. The molecule has 134 valence electrons.